The highest BCUT2D eigenvalue weighted by Gasteiger charge is 2.04. The maximum absolute atomic E-state index is 11.0. The van der Waals surface area contributed by atoms with Crippen LogP contribution in [-0.4, -0.2) is 19.6 Å². The Balaban J connectivity index is 2.54. The van der Waals surface area contributed by atoms with Crippen LogP contribution in [0.3, 0.4) is 0 Å². The number of nitrogens with two attached hydrogens (primary N) is 1. The lowest BCUT2D eigenvalue weighted by Crippen LogP contribution is -2.24. The van der Waals surface area contributed by atoms with Gasteiger partial charge < -0.3 is 15.8 Å². The first-order chi connectivity index (χ1) is 7.67. The molecule has 1 amide bonds. The zero-order chi connectivity index (χ0) is 12.0. The fourth-order valence-corrected chi connectivity index (χ4v) is 1.27. The molecule has 1 aromatic carbocycles. The number of amides is 1. The summed E-state index contributed by atoms with van der Waals surface area (Å²) in [4.78, 5) is 11.0. The number of hydrogen-bond donors (Lipinski definition) is 2. The fourth-order valence-electron chi connectivity index (χ4n) is 1.27. The molecule has 4 nitrogen and oxygen atoms in total. The normalized spacial score (nSPS) is 11.9. The van der Waals surface area contributed by atoms with Crippen molar-refractivity contribution < 1.29 is 9.53 Å². The van der Waals surface area contributed by atoms with Crippen LogP contribution in [0.4, 0.5) is 0 Å². The fraction of sp³-hybridized carbons (Fsp3) is 0.417. The van der Waals surface area contributed by atoms with Gasteiger partial charge in [-0.05, 0) is 24.1 Å². The third-order valence-electron chi connectivity index (χ3n) is 2.40. The van der Waals surface area contributed by atoms with Crippen LogP contribution in [-0.2, 0) is 4.79 Å². The maximum atomic E-state index is 11.0. The van der Waals surface area contributed by atoms with Crippen molar-refractivity contribution in [3.05, 3.63) is 29.8 Å². The van der Waals surface area contributed by atoms with Crippen LogP contribution in [0.1, 0.15) is 24.9 Å². The summed E-state index contributed by atoms with van der Waals surface area (Å²) in [5.41, 5.74) is 6.96. The van der Waals surface area contributed by atoms with Gasteiger partial charge in [0.25, 0.3) is 5.91 Å². The Labute approximate surface area is 95.8 Å². The van der Waals surface area contributed by atoms with E-state index in [0.29, 0.717) is 5.75 Å². The van der Waals surface area contributed by atoms with Crippen LogP contribution in [0.5, 0.6) is 5.75 Å². The first-order valence-corrected chi connectivity index (χ1v) is 5.36. The number of carbonyl (C=O) groups excluding carboxylic acids is 1. The van der Waals surface area contributed by atoms with Crippen LogP contribution >= 0.6 is 0 Å². The molecular formula is C12H18N2O2. The van der Waals surface area contributed by atoms with Crippen molar-refractivity contribution in [1.29, 1.82) is 0 Å². The first-order valence-electron chi connectivity index (χ1n) is 5.36. The van der Waals surface area contributed by atoms with Crippen molar-refractivity contribution in [1.82, 2.24) is 5.32 Å². The summed E-state index contributed by atoms with van der Waals surface area (Å²) in [5.74, 6) is 0.532. The number of nitrogens with one attached hydrogen (secondary N) is 1. The standard InChI is InChI=1S/C12H18N2O2/c1-3-11(13)9-4-6-10(7-5-9)16-8-12(15)14-2/h4-7,11H,3,8,13H2,1-2H3,(H,14,15)/t11-/m0/s1. The van der Waals surface area contributed by atoms with Gasteiger partial charge in [-0.1, -0.05) is 19.1 Å². The molecule has 0 aliphatic rings. The number of rotatable bonds is 5. The first kappa shape index (κ1) is 12.5. The Morgan fingerprint density at radius 1 is 1.44 bits per heavy atom. The van der Waals surface area contributed by atoms with E-state index < -0.39 is 0 Å². The molecule has 0 fully saturated rings. The zero-order valence-electron chi connectivity index (χ0n) is 9.69. The van der Waals surface area contributed by atoms with Gasteiger partial charge in [0.15, 0.2) is 6.61 Å². The second-order valence-corrected chi connectivity index (χ2v) is 3.55. The number of hydrogen-bond acceptors (Lipinski definition) is 3. The molecule has 0 aliphatic carbocycles. The molecule has 88 valence electrons. The quantitative estimate of drug-likeness (QED) is 0.787. The summed E-state index contributed by atoms with van der Waals surface area (Å²) >= 11 is 0. The molecule has 0 bridgehead atoms. The second-order valence-electron chi connectivity index (χ2n) is 3.55. The van der Waals surface area contributed by atoms with E-state index in [1.54, 1.807) is 7.05 Å². The molecule has 0 saturated carbocycles. The van der Waals surface area contributed by atoms with Crippen molar-refractivity contribution in [2.75, 3.05) is 13.7 Å². The highest BCUT2D eigenvalue weighted by Crippen LogP contribution is 2.17. The average molecular weight is 222 g/mol. The van der Waals surface area contributed by atoms with E-state index >= 15 is 0 Å². The molecular weight excluding hydrogens is 204 g/mol. The Morgan fingerprint density at radius 3 is 2.56 bits per heavy atom. The van der Waals surface area contributed by atoms with Gasteiger partial charge in [0.2, 0.25) is 0 Å². The predicted octanol–water partition coefficient (Wildman–Crippen LogP) is 1.22. The van der Waals surface area contributed by atoms with Gasteiger partial charge in [-0.15, -0.1) is 0 Å². The van der Waals surface area contributed by atoms with E-state index in [0.717, 1.165) is 12.0 Å². The summed E-state index contributed by atoms with van der Waals surface area (Å²) in [7, 11) is 1.58. The van der Waals surface area contributed by atoms with E-state index in [4.69, 9.17) is 10.5 Å². The second kappa shape index (κ2) is 6.12. The average Bonchev–Trinajstić information content (AvgIpc) is 2.35. The summed E-state index contributed by atoms with van der Waals surface area (Å²) < 4.78 is 5.27. The highest BCUT2D eigenvalue weighted by molar-refractivity contribution is 5.77. The number of benzene rings is 1. The van der Waals surface area contributed by atoms with Crippen molar-refractivity contribution >= 4 is 5.91 Å². The van der Waals surface area contributed by atoms with E-state index in [1.165, 1.54) is 0 Å². The molecule has 1 atom stereocenters. The molecule has 4 heteroatoms. The molecule has 1 aromatic rings. The maximum Gasteiger partial charge on any atom is 0.257 e. The van der Waals surface area contributed by atoms with Gasteiger partial charge >= 0.3 is 0 Å². The van der Waals surface area contributed by atoms with Crippen LogP contribution in [0.2, 0.25) is 0 Å². The lowest BCUT2D eigenvalue weighted by Gasteiger charge is -2.10. The zero-order valence-corrected chi connectivity index (χ0v) is 9.69. The van der Waals surface area contributed by atoms with Gasteiger partial charge in [-0.3, -0.25) is 4.79 Å². The number of likely N-dealkylation sites (N-methyl/N-ethyl adjacent to an activating group) is 1. The lowest BCUT2D eigenvalue weighted by atomic mass is 10.1. The van der Waals surface area contributed by atoms with E-state index in [2.05, 4.69) is 5.32 Å². The van der Waals surface area contributed by atoms with Crippen LogP contribution in [0.15, 0.2) is 24.3 Å². The van der Waals surface area contributed by atoms with Gasteiger partial charge in [-0.2, -0.15) is 0 Å². The van der Waals surface area contributed by atoms with Gasteiger partial charge in [0, 0.05) is 13.1 Å². The monoisotopic (exact) mass is 222 g/mol. The number of ether oxygens (including phenoxy) is 1. The Bertz CT molecular complexity index is 335. The molecule has 0 spiro atoms. The van der Waals surface area contributed by atoms with E-state index in [1.807, 2.05) is 31.2 Å². The minimum atomic E-state index is -0.144. The summed E-state index contributed by atoms with van der Waals surface area (Å²) in [6.45, 7) is 2.08. The Kier molecular flexibility index (Phi) is 4.79. The topological polar surface area (TPSA) is 64.3 Å². The minimum Gasteiger partial charge on any atom is -0.484 e. The van der Waals surface area contributed by atoms with Gasteiger partial charge in [-0.25, -0.2) is 0 Å². The lowest BCUT2D eigenvalue weighted by molar-refractivity contribution is -0.122. The van der Waals surface area contributed by atoms with Gasteiger partial charge in [0.1, 0.15) is 5.75 Å². The smallest absolute Gasteiger partial charge is 0.257 e. The van der Waals surface area contributed by atoms with Crippen molar-refractivity contribution in [3.8, 4) is 5.75 Å². The van der Waals surface area contributed by atoms with Crippen LogP contribution < -0.4 is 15.8 Å². The Morgan fingerprint density at radius 2 is 2.06 bits per heavy atom. The Hall–Kier alpha value is -1.55. The third kappa shape index (κ3) is 3.55. The van der Waals surface area contributed by atoms with E-state index in [9.17, 15) is 4.79 Å². The molecule has 1 rings (SSSR count). The minimum absolute atomic E-state index is 0.0374. The SMILES string of the molecule is CC[C@H](N)c1ccc(OCC(=O)NC)cc1. The van der Waals surface area contributed by atoms with Crippen molar-refractivity contribution in [2.24, 2.45) is 5.73 Å². The summed E-state index contributed by atoms with van der Waals surface area (Å²) in [5, 5.41) is 2.49. The van der Waals surface area contributed by atoms with Crippen molar-refractivity contribution in [2.45, 2.75) is 19.4 Å². The molecule has 0 heterocycles. The molecule has 0 unspecified atom stereocenters. The molecule has 3 N–H and O–H groups in total. The molecule has 0 aromatic heterocycles. The molecule has 16 heavy (non-hydrogen) atoms. The van der Waals surface area contributed by atoms with Crippen LogP contribution in [0, 0.1) is 0 Å². The van der Waals surface area contributed by atoms with Crippen molar-refractivity contribution in [3.63, 3.8) is 0 Å². The predicted molar refractivity (Wildman–Crippen MR) is 63.2 cm³/mol. The largest absolute Gasteiger partial charge is 0.484 e. The molecule has 0 saturated heterocycles. The number of carbonyl (C=O) groups is 1. The summed E-state index contributed by atoms with van der Waals surface area (Å²) in [6.07, 6.45) is 0.901. The molecule has 0 aliphatic heterocycles. The van der Waals surface area contributed by atoms with Crippen LogP contribution in [0.25, 0.3) is 0 Å². The third-order valence-corrected chi connectivity index (χ3v) is 2.40. The molecule has 0 radical (unpaired) electrons. The van der Waals surface area contributed by atoms with E-state index in [-0.39, 0.29) is 18.6 Å². The summed E-state index contributed by atoms with van der Waals surface area (Å²) in [6, 6.07) is 7.57. The van der Waals surface area contributed by atoms with Gasteiger partial charge in [0.05, 0.1) is 0 Å². The highest BCUT2D eigenvalue weighted by atomic mass is 16.5.